The second-order valence-electron chi connectivity index (χ2n) is 5.60. The van der Waals surface area contributed by atoms with Crippen LogP contribution in [0.15, 0.2) is 29.4 Å². The van der Waals surface area contributed by atoms with Crippen molar-refractivity contribution in [2.75, 3.05) is 18.4 Å². The minimum atomic E-state index is -4.42. The molecule has 0 aromatic heterocycles. The van der Waals surface area contributed by atoms with E-state index in [0.717, 1.165) is 12.1 Å². The highest BCUT2D eigenvalue weighted by atomic mass is 19.4. The summed E-state index contributed by atoms with van der Waals surface area (Å²) < 4.78 is 42.5. The van der Waals surface area contributed by atoms with Crippen LogP contribution in [-0.2, 0) is 20.5 Å². The monoisotopic (exact) mass is 343 g/mol. The van der Waals surface area contributed by atoms with Crippen LogP contribution in [0.25, 0.3) is 0 Å². The molecule has 1 aromatic rings. The Bertz CT molecular complexity index is 658. The van der Waals surface area contributed by atoms with Crippen LogP contribution in [0.4, 0.5) is 18.9 Å². The van der Waals surface area contributed by atoms with E-state index in [1.807, 2.05) is 0 Å². The maximum absolute atomic E-state index is 12.5. The minimum Gasteiger partial charge on any atom is -0.452 e. The number of hydrogen-bond donors (Lipinski definition) is 1. The Kier molecular flexibility index (Phi) is 4.81. The molecule has 0 bridgehead atoms. The summed E-state index contributed by atoms with van der Waals surface area (Å²) in [7, 11) is 0. The average Bonchev–Trinajstić information content (AvgIpc) is 2.78. The van der Waals surface area contributed by atoms with Crippen molar-refractivity contribution in [1.29, 1.82) is 0 Å². The van der Waals surface area contributed by atoms with Crippen LogP contribution < -0.4 is 5.32 Å². The molecule has 1 heterocycles. The molecule has 2 rings (SSSR count). The van der Waals surface area contributed by atoms with Gasteiger partial charge >= 0.3 is 12.1 Å². The average molecular weight is 343 g/mol. The first-order valence-electron chi connectivity index (χ1n) is 7.04. The molecule has 0 aliphatic carbocycles. The van der Waals surface area contributed by atoms with Crippen LogP contribution in [0.3, 0.4) is 0 Å². The quantitative estimate of drug-likeness (QED) is 0.852. The summed E-state index contributed by atoms with van der Waals surface area (Å²) >= 11 is 0. The molecule has 1 amide bonds. The zero-order chi connectivity index (χ0) is 18.0. The molecule has 0 saturated heterocycles. The summed E-state index contributed by atoms with van der Waals surface area (Å²) in [5, 5.41) is 7.88. The van der Waals surface area contributed by atoms with Gasteiger partial charge in [-0.3, -0.25) is 14.6 Å². The first kappa shape index (κ1) is 17.8. The molecular formula is C15H16F3N3O3. The van der Waals surface area contributed by atoms with Gasteiger partial charge in [0.05, 0.1) is 18.3 Å². The molecule has 0 saturated carbocycles. The number of benzene rings is 1. The molecule has 1 atom stereocenters. The lowest BCUT2D eigenvalue weighted by atomic mass is 10.1. The van der Waals surface area contributed by atoms with E-state index in [9.17, 15) is 22.8 Å². The second-order valence-corrected chi connectivity index (χ2v) is 5.60. The molecule has 1 aliphatic rings. The van der Waals surface area contributed by atoms with Crippen molar-refractivity contribution in [2.24, 2.45) is 5.10 Å². The topological polar surface area (TPSA) is 71.0 Å². The van der Waals surface area contributed by atoms with Crippen LogP contribution in [0, 0.1) is 0 Å². The van der Waals surface area contributed by atoms with Crippen molar-refractivity contribution in [3.63, 3.8) is 0 Å². The summed E-state index contributed by atoms with van der Waals surface area (Å²) in [6.45, 7) is 3.03. The van der Waals surface area contributed by atoms with E-state index in [2.05, 4.69) is 10.4 Å². The van der Waals surface area contributed by atoms with Crippen molar-refractivity contribution in [2.45, 2.75) is 25.6 Å². The molecule has 1 aromatic carbocycles. The Hall–Kier alpha value is -2.58. The number of carbonyl (C=O) groups is 2. The molecule has 9 heteroatoms. The highest BCUT2D eigenvalue weighted by Gasteiger charge is 2.34. The van der Waals surface area contributed by atoms with Gasteiger partial charge in [-0.05, 0) is 31.2 Å². The number of nitrogens with one attached hydrogen (secondary N) is 1. The normalized spacial score (nSPS) is 20.1. The van der Waals surface area contributed by atoms with Crippen LogP contribution in [0.2, 0.25) is 0 Å². The molecular weight excluding hydrogens is 327 g/mol. The fourth-order valence-electron chi connectivity index (χ4n) is 2.24. The van der Waals surface area contributed by atoms with Gasteiger partial charge in [0.2, 0.25) is 5.91 Å². The minimum absolute atomic E-state index is 0.117. The van der Waals surface area contributed by atoms with Crippen molar-refractivity contribution in [3.05, 3.63) is 29.8 Å². The SMILES string of the molecule is CC(=O)OC1(C)C=NN(CC(=O)Nc2ccc(C(F)(F)F)cc2)C1. The van der Waals surface area contributed by atoms with E-state index in [4.69, 9.17) is 4.74 Å². The molecule has 0 fully saturated rings. The van der Waals surface area contributed by atoms with Crippen LogP contribution in [-0.4, -0.2) is 41.8 Å². The van der Waals surface area contributed by atoms with E-state index in [1.54, 1.807) is 6.92 Å². The molecule has 6 nitrogen and oxygen atoms in total. The predicted octanol–water partition coefficient (Wildman–Crippen LogP) is 2.27. The van der Waals surface area contributed by atoms with Gasteiger partial charge in [-0.25, -0.2) is 0 Å². The smallest absolute Gasteiger partial charge is 0.416 e. The summed E-state index contributed by atoms with van der Waals surface area (Å²) in [4.78, 5) is 22.9. The van der Waals surface area contributed by atoms with Crippen molar-refractivity contribution in [1.82, 2.24) is 5.01 Å². The zero-order valence-electron chi connectivity index (χ0n) is 13.1. The number of rotatable bonds is 4. The van der Waals surface area contributed by atoms with Crippen molar-refractivity contribution < 1.29 is 27.5 Å². The number of hydrogen-bond acceptors (Lipinski definition) is 5. The van der Waals surface area contributed by atoms with Crippen LogP contribution in [0.5, 0.6) is 0 Å². The summed E-state index contributed by atoms with van der Waals surface area (Å²) in [6.07, 6.45) is -2.99. The highest BCUT2D eigenvalue weighted by Crippen LogP contribution is 2.29. The maximum Gasteiger partial charge on any atom is 0.416 e. The van der Waals surface area contributed by atoms with Crippen LogP contribution in [0.1, 0.15) is 19.4 Å². The van der Waals surface area contributed by atoms with Gasteiger partial charge in [-0.1, -0.05) is 0 Å². The number of anilines is 1. The van der Waals surface area contributed by atoms with Gasteiger partial charge in [-0.2, -0.15) is 18.3 Å². The number of ether oxygens (including phenoxy) is 1. The van der Waals surface area contributed by atoms with Crippen molar-refractivity contribution >= 4 is 23.8 Å². The van der Waals surface area contributed by atoms with Crippen LogP contribution >= 0.6 is 0 Å². The lowest BCUT2D eigenvalue weighted by Gasteiger charge is -2.22. The Morgan fingerprint density at radius 2 is 1.96 bits per heavy atom. The van der Waals surface area contributed by atoms with Gasteiger partial charge in [-0.15, -0.1) is 0 Å². The molecule has 0 radical (unpaired) electrons. The number of carbonyl (C=O) groups excluding carboxylic acids is 2. The highest BCUT2D eigenvalue weighted by molar-refractivity contribution is 5.92. The van der Waals surface area contributed by atoms with Gasteiger partial charge in [0.15, 0.2) is 5.60 Å². The Morgan fingerprint density at radius 1 is 1.33 bits per heavy atom. The van der Waals surface area contributed by atoms with E-state index in [-0.39, 0.29) is 18.8 Å². The van der Waals surface area contributed by atoms with Gasteiger partial charge < -0.3 is 10.1 Å². The predicted molar refractivity (Wildman–Crippen MR) is 80.3 cm³/mol. The maximum atomic E-state index is 12.5. The zero-order valence-corrected chi connectivity index (χ0v) is 13.1. The number of hydrazone groups is 1. The lowest BCUT2D eigenvalue weighted by molar-refractivity contribution is -0.149. The number of esters is 1. The largest absolute Gasteiger partial charge is 0.452 e. The Labute approximate surface area is 136 Å². The summed E-state index contributed by atoms with van der Waals surface area (Å²) in [6, 6.07) is 4.14. The number of amides is 1. The molecule has 1 unspecified atom stereocenters. The van der Waals surface area contributed by atoms with Gasteiger partial charge in [0, 0.05) is 12.6 Å². The molecule has 130 valence electrons. The summed E-state index contributed by atoms with van der Waals surface area (Å²) in [5.74, 6) is -0.904. The first-order chi connectivity index (χ1) is 11.1. The fraction of sp³-hybridized carbons (Fsp3) is 0.400. The van der Waals surface area contributed by atoms with E-state index in [1.165, 1.54) is 30.3 Å². The molecule has 1 aliphatic heterocycles. The third-order valence-electron chi connectivity index (χ3n) is 3.19. The van der Waals surface area contributed by atoms with E-state index >= 15 is 0 Å². The molecule has 24 heavy (non-hydrogen) atoms. The first-order valence-corrected chi connectivity index (χ1v) is 7.04. The third kappa shape index (κ3) is 4.71. The van der Waals surface area contributed by atoms with E-state index in [0.29, 0.717) is 0 Å². The fourth-order valence-corrected chi connectivity index (χ4v) is 2.24. The van der Waals surface area contributed by atoms with Gasteiger partial charge in [0.25, 0.3) is 0 Å². The Balaban J connectivity index is 1.88. The van der Waals surface area contributed by atoms with E-state index < -0.39 is 29.2 Å². The third-order valence-corrected chi connectivity index (χ3v) is 3.19. The summed E-state index contributed by atoms with van der Waals surface area (Å²) in [5.41, 5.74) is -1.44. The van der Waals surface area contributed by atoms with Crippen molar-refractivity contribution in [3.8, 4) is 0 Å². The Morgan fingerprint density at radius 3 is 2.50 bits per heavy atom. The standard InChI is InChI=1S/C15H16F3N3O3/c1-10(22)24-14(2)8-19-21(9-14)7-13(23)20-12-5-3-11(4-6-12)15(16,17)18/h3-6,8H,7,9H2,1-2H3,(H,20,23). The lowest BCUT2D eigenvalue weighted by Crippen LogP contribution is -2.39. The second kappa shape index (κ2) is 6.50. The molecule has 1 N–H and O–H groups in total. The van der Waals surface area contributed by atoms with Gasteiger partial charge in [0.1, 0.15) is 6.54 Å². The number of alkyl halides is 3. The number of halogens is 3. The molecule has 0 spiro atoms. The number of nitrogens with zero attached hydrogens (tertiary/aromatic N) is 2.